The Morgan fingerprint density at radius 2 is 1.64 bits per heavy atom. The van der Waals surface area contributed by atoms with Gasteiger partial charge in [0.25, 0.3) is 0 Å². The van der Waals surface area contributed by atoms with Gasteiger partial charge >= 0.3 is 7.12 Å². The van der Waals surface area contributed by atoms with Crippen LogP contribution in [-0.2, 0) is 9.31 Å². The Hall–Kier alpha value is -0.795. The van der Waals surface area contributed by atoms with Crippen LogP contribution in [0.3, 0.4) is 0 Å². The molecule has 14 heavy (non-hydrogen) atoms. The van der Waals surface area contributed by atoms with E-state index < -0.39 is 0 Å². The lowest BCUT2D eigenvalue weighted by Crippen LogP contribution is -2.32. The van der Waals surface area contributed by atoms with Crippen LogP contribution >= 0.6 is 0 Å². The van der Waals surface area contributed by atoms with Gasteiger partial charge in [-0.3, -0.25) is 0 Å². The molecule has 1 aliphatic carbocycles. The highest BCUT2D eigenvalue weighted by atomic mass is 16.7. The lowest BCUT2D eigenvalue weighted by Gasteiger charge is -2.06. The second-order valence-corrected chi connectivity index (χ2v) is 4.02. The van der Waals surface area contributed by atoms with E-state index in [1.165, 1.54) is 6.42 Å². The second kappa shape index (κ2) is 3.41. The summed E-state index contributed by atoms with van der Waals surface area (Å²) >= 11 is 0. The molecule has 2 atom stereocenters. The first kappa shape index (κ1) is 8.51. The third kappa shape index (κ3) is 1.37. The molecule has 1 aliphatic heterocycles. The Morgan fingerprint density at radius 3 is 2.29 bits per heavy atom. The van der Waals surface area contributed by atoms with E-state index in [4.69, 9.17) is 9.31 Å². The van der Waals surface area contributed by atoms with Crippen molar-refractivity contribution in [3.05, 3.63) is 30.3 Å². The summed E-state index contributed by atoms with van der Waals surface area (Å²) in [5, 5.41) is 0. The Labute approximate surface area is 84.4 Å². The molecule has 0 spiro atoms. The molecule has 72 valence electrons. The van der Waals surface area contributed by atoms with Crippen molar-refractivity contribution < 1.29 is 9.31 Å². The minimum atomic E-state index is -0.119. The fourth-order valence-corrected chi connectivity index (χ4v) is 2.32. The third-order valence-electron chi connectivity index (χ3n) is 3.06. The first-order valence-electron chi connectivity index (χ1n) is 5.29. The monoisotopic (exact) mass is 188 g/mol. The summed E-state index contributed by atoms with van der Waals surface area (Å²) in [7, 11) is -0.119. The fraction of sp³-hybridized carbons (Fsp3) is 0.455. The van der Waals surface area contributed by atoms with Gasteiger partial charge in [0, 0.05) is 0 Å². The summed E-state index contributed by atoms with van der Waals surface area (Å²) in [6.45, 7) is 0. The van der Waals surface area contributed by atoms with Crippen LogP contribution in [0.15, 0.2) is 30.3 Å². The zero-order valence-electron chi connectivity index (χ0n) is 8.06. The van der Waals surface area contributed by atoms with Crippen LogP contribution in [0.25, 0.3) is 0 Å². The first-order chi connectivity index (χ1) is 6.93. The molecule has 0 amide bonds. The molecule has 0 radical (unpaired) electrons. The molecular weight excluding hydrogens is 175 g/mol. The van der Waals surface area contributed by atoms with E-state index in [1.807, 2.05) is 18.2 Å². The Bertz CT molecular complexity index is 302. The molecule has 0 unspecified atom stereocenters. The zero-order valence-corrected chi connectivity index (χ0v) is 8.06. The molecular formula is C11H13BO2. The van der Waals surface area contributed by atoms with E-state index in [9.17, 15) is 0 Å². The van der Waals surface area contributed by atoms with Crippen molar-refractivity contribution >= 4 is 12.6 Å². The van der Waals surface area contributed by atoms with Crippen molar-refractivity contribution in [1.82, 2.24) is 0 Å². The van der Waals surface area contributed by atoms with Crippen molar-refractivity contribution in [2.45, 2.75) is 31.5 Å². The SMILES string of the molecule is c1ccc(B2O[C@@H]3CCC[C@H]3O2)cc1. The molecule has 1 saturated heterocycles. The van der Waals surface area contributed by atoms with Gasteiger partial charge in [-0.2, -0.15) is 0 Å². The smallest absolute Gasteiger partial charge is 0.402 e. The van der Waals surface area contributed by atoms with Crippen LogP contribution in [0.4, 0.5) is 0 Å². The molecule has 0 aromatic heterocycles. The molecule has 0 N–H and O–H groups in total. The van der Waals surface area contributed by atoms with E-state index in [2.05, 4.69) is 12.1 Å². The van der Waals surface area contributed by atoms with Crippen LogP contribution in [0.2, 0.25) is 0 Å². The number of benzene rings is 1. The second-order valence-electron chi connectivity index (χ2n) is 4.02. The Morgan fingerprint density at radius 1 is 1.00 bits per heavy atom. The van der Waals surface area contributed by atoms with Gasteiger partial charge in [-0.1, -0.05) is 30.3 Å². The summed E-state index contributed by atoms with van der Waals surface area (Å²) in [5.74, 6) is 0. The summed E-state index contributed by atoms with van der Waals surface area (Å²) in [6.07, 6.45) is 4.26. The van der Waals surface area contributed by atoms with Crippen LogP contribution in [0.5, 0.6) is 0 Å². The quantitative estimate of drug-likeness (QED) is 0.619. The summed E-state index contributed by atoms with van der Waals surface area (Å²) in [6, 6.07) is 10.2. The molecule has 1 saturated carbocycles. The van der Waals surface area contributed by atoms with Crippen molar-refractivity contribution in [2.24, 2.45) is 0 Å². The summed E-state index contributed by atoms with van der Waals surface area (Å²) in [5.41, 5.74) is 1.14. The minimum absolute atomic E-state index is 0.119. The molecule has 1 heterocycles. The molecule has 0 bridgehead atoms. The molecule has 3 rings (SSSR count). The molecule has 3 heteroatoms. The number of hydrogen-bond donors (Lipinski definition) is 0. The average molecular weight is 188 g/mol. The highest BCUT2D eigenvalue weighted by Crippen LogP contribution is 2.30. The Balaban J connectivity index is 1.77. The summed E-state index contributed by atoms with van der Waals surface area (Å²) < 4.78 is 11.7. The van der Waals surface area contributed by atoms with Crippen LogP contribution in [-0.4, -0.2) is 19.3 Å². The first-order valence-corrected chi connectivity index (χ1v) is 5.29. The number of fused-ring (bicyclic) bond motifs is 1. The normalized spacial score (nSPS) is 30.7. The zero-order chi connectivity index (χ0) is 9.38. The van der Waals surface area contributed by atoms with E-state index in [0.717, 1.165) is 18.3 Å². The van der Waals surface area contributed by atoms with E-state index >= 15 is 0 Å². The standard InChI is InChI=1S/C11H13BO2/c1-2-5-9(6-3-1)12-13-10-7-4-8-11(10)14-12/h1-3,5-6,10-11H,4,7-8H2/t10-,11-/m1/s1. The van der Waals surface area contributed by atoms with Gasteiger partial charge in [0.15, 0.2) is 0 Å². The van der Waals surface area contributed by atoms with Crippen molar-refractivity contribution in [2.75, 3.05) is 0 Å². The molecule has 2 fully saturated rings. The predicted octanol–water partition coefficient (Wildman–Crippen LogP) is 1.35. The summed E-state index contributed by atoms with van der Waals surface area (Å²) in [4.78, 5) is 0. The van der Waals surface area contributed by atoms with E-state index in [1.54, 1.807) is 0 Å². The molecule has 2 nitrogen and oxygen atoms in total. The highest BCUT2D eigenvalue weighted by molar-refractivity contribution is 6.61. The van der Waals surface area contributed by atoms with Crippen molar-refractivity contribution in [1.29, 1.82) is 0 Å². The molecule has 2 aliphatic rings. The van der Waals surface area contributed by atoms with Crippen LogP contribution in [0, 0.1) is 0 Å². The minimum Gasteiger partial charge on any atom is -0.402 e. The molecule has 1 aromatic rings. The van der Waals surface area contributed by atoms with Crippen molar-refractivity contribution in [3.8, 4) is 0 Å². The topological polar surface area (TPSA) is 18.5 Å². The van der Waals surface area contributed by atoms with Gasteiger partial charge in [-0.15, -0.1) is 0 Å². The van der Waals surface area contributed by atoms with Crippen LogP contribution in [0.1, 0.15) is 19.3 Å². The maximum Gasteiger partial charge on any atom is 0.494 e. The third-order valence-corrected chi connectivity index (χ3v) is 3.06. The van der Waals surface area contributed by atoms with Gasteiger partial charge in [-0.25, -0.2) is 0 Å². The van der Waals surface area contributed by atoms with Gasteiger partial charge in [0.05, 0.1) is 12.2 Å². The Kier molecular flexibility index (Phi) is 2.07. The van der Waals surface area contributed by atoms with Gasteiger partial charge < -0.3 is 9.31 Å². The number of rotatable bonds is 1. The van der Waals surface area contributed by atoms with E-state index in [-0.39, 0.29) is 7.12 Å². The molecule has 1 aromatic carbocycles. The van der Waals surface area contributed by atoms with Gasteiger partial charge in [0.2, 0.25) is 0 Å². The van der Waals surface area contributed by atoms with E-state index in [0.29, 0.717) is 12.2 Å². The lowest BCUT2D eigenvalue weighted by atomic mass is 9.79. The van der Waals surface area contributed by atoms with Crippen molar-refractivity contribution in [3.63, 3.8) is 0 Å². The van der Waals surface area contributed by atoms with Crippen LogP contribution < -0.4 is 5.46 Å². The predicted molar refractivity (Wildman–Crippen MR) is 55.4 cm³/mol. The average Bonchev–Trinajstić information content (AvgIpc) is 2.78. The maximum absolute atomic E-state index is 5.85. The largest absolute Gasteiger partial charge is 0.494 e. The number of hydrogen-bond acceptors (Lipinski definition) is 2. The highest BCUT2D eigenvalue weighted by Gasteiger charge is 2.42. The van der Waals surface area contributed by atoms with Gasteiger partial charge in [-0.05, 0) is 24.7 Å². The van der Waals surface area contributed by atoms with Gasteiger partial charge in [0.1, 0.15) is 0 Å². The fourth-order valence-electron chi connectivity index (χ4n) is 2.32. The maximum atomic E-state index is 5.85. The lowest BCUT2D eigenvalue weighted by molar-refractivity contribution is 0.187.